The van der Waals surface area contributed by atoms with Gasteiger partial charge in [0.1, 0.15) is 0 Å². The van der Waals surface area contributed by atoms with Gasteiger partial charge in [-0.15, -0.1) is 0 Å². The van der Waals surface area contributed by atoms with Crippen LogP contribution in [0.1, 0.15) is 26.6 Å². The molecular formula is C11H10N2O5. The van der Waals surface area contributed by atoms with Gasteiger partial charge >= 0.3 is 5.97 Å². The first-order chi connectivity index (χ1) is 8.58. The fourth-order valence-electron chi connectivity index (χ4n) is 1.40. The van der Waals surface area contributed by atoms with Crippen LogP contribution in [0.15, 0.2) is 33.6 Å². The molecule has 1 N–H and O–H groups in total. The monoisotopic (exact) mass is 250 g/mol. The van der Waals surface area contributed by atoms with E-state index in [1.807, 2.05) is 0 Å². The van der Waals surface area contributed by atoms with E-state index in [-0.39, 0.29) is 11.5 Å². The molecule has 0 unspecified atom stereocenters. The van der Waals surface area contributed by atoms with Crippen LogP contribution in [0.25, 0.3) is 0 Å². The van der Waals surface area contributed by atoms with Crippen LogP contribution in [0.2, 0.25) is 0 Å². The van der Waals surface area contributed by atoms with Gasteiger partial charge in [-0.05, 0) is 6.07 Å². The molecule has 18 heavy (non-hydrogen) atoms. The van der Waals surface area contributed by atoms with E-state index in [1.165, 1.54) is 17.4 Å². The zero-order chi connectivity index (χ0) is 13.1. The summed E-state index contributed by atoms with van der Waals surface area (Å²) >= 11 is 0. The number of hydrogen-bond donors (Lipinski definition) is 1. The second-order valence-corrected chi connectivity index (χ2v) is 3.67. The van der Waals surface area contributed by atoms with Crippen LogP contribution in [0, 0.1) is 0 Å². The summed E-state index contributed by atoms with van der Waals surface area (Å²) < 4.78 is 9.40. The van der Waals surface area contributed by atoms with Crippen LogP contribution in [0.3, 0.4) is 0 Å². The summed E-state index contributed by atoms with van der Waals surface area (Å²) in [4.78, 5) is 23.9. The summed E-state index contributed by atoms with van der Waals surface area (Å²) in [5.41, 5.74) is 0.784. The highest BCUT2D eigenvalue weighted by Gasteiger charge is 2.19. The molecule has 0 aliphatic rings. The van der Waals surface area contributed by atoms with Crippen molar-refractivity contribution in [2.45, 2.75) is 6.54 Å². The lowest BCUT2D eigenvalue weighted by Gasteiger charge is -2.13. The first-order valence-corrected chi connectivity index (χ1v) is 5.04. The molecule has 0 aromatic carbocycles. The molecule has 2 rings (SSSR count). The Hall–Kier alpha value is -2.57. The molecule has 2 heterocycles. The van der Waals surface area contributed by atoms with Gasteiger partial charge in [-0.1, -0.05) is 5.16 Å². The Kier molecular flexibility index (Phi) is 3.13. The third kappa shape index (κ3) is 2.40. The van der Waals surface area contributed by atoms with Crippen molar-refractivity contribution in [2.75, 3.05) is 7.05 Å². The van der Waals surface area contributed by atoms with Gasteiger partial charge in [-0.3, -0.25) is 4.79 Å². The maximum absolute atomic E-state index is 11.9. The van der Waals surface area contributed by atoms with Crippen LogP contribution in [-0.4, -0.2) is 34.1 Å². The lowest BCUT2D eigenvalue weighted by Crippen LogP contribution is -2.26. The van der Waals surface area contributed by atoms with Crippen LogP contribution in [0.4, 0.5) is 0 Å². The number of aromatic nitrogens is 1. The van der Waals surface area contributed by atoms with Gasteiger partial charge in [0, 0.05) is 25.2 Å². The van der Waals surface area contributed by atoms with E-state index in [0.29, 0.717) is 6.54 Å². The largest absolute Gasteiger partial charge is 0.475 e. The molecule has 0 saturated carbocycles. The molecule has 0 aliphatic heterocycles. The summed E-state index contributed by atoms with van der Waals surface area (Å²) in [7, 11) is 1.57. The molecule has 2 aromatic heterocycles. The Labute approximate surface area is 102 Å². The fraction of sp³-hybridized carbons (Fsp3) is 0.182. The lowest BCUT2D eigenvalue weighted by atomic mass is 10.3. The quantitative estimate of drug-likeness (QED) is 0.876. The Morgan fingerprint density at radius 2 is 2.28 bits per heavy atom. The van der Waals surface area contributed by atoms with Crippen molar-refractivity contribution in [3.63, 3.8) is 0 Å². The smallest absolute Gasteiger partial charge is 0.374 e. The van der Waals surface area contributed by atoms with E-state index >= 15 is 0 Å². The first kappa shape index (κ1) is 11.9. The maximum atomic E-state index is 11.9. The number of carboxylic acid groups (broad SMARTS) is 1. The molecule has 94 valence electrons. The molecule has 0 fully saturated rings. The average Bonchev–Trinajstić information content (AvgIpc) is 2.98. The predicted octanol–water partition coefficient (Wildman–Crippen LogP) is 1.24. The normalized spacial score (nSPS) is 10.3. The van der Waals surface area contributed by atoms with Crippen molar-refractivity contribution in [2.24, 2.45) is 0 Å². The molecular weight excluding hydrogens is 240 g/mol. The minimum Gasteiger partial charge on any atom is -0.475 e. The van der Waals surface area contributed by atoms with Gasteiger partial charge in [0.2, 0.25) is 5.76 Å². The van der Waals surface area contributed by atoms with Crippen molar-refractivity contribution >= 4 is 11.9 Å². The van der Waals surface area contributed by atoms with Gasteiger partial charge in [0.25, 0.3) is 5.91 Å². The number of rotatable bonds is 4. The number of nitrogens with zero attached hydrogens (tertiary/aromatic N) is 2. The molecule has 7 heteroatoms. The van der Waals surface area contributed by atoms with Gasteiger partial charge in [-0.2, -0.15) is 0 Å². The molecule has 2 aromatic rings. The van der Waals surface area contributed by atoms with Gasteiger partial charge < -0.3 is 18.9 Å². The summed E-state index contributed by atoms with van der Waals surface area (Å²) in [6, 6.07) is 2.83. The molecule has 1 amide bonds. The third-order valence-electron chi connectivity index (χ3n) is 2.29. The predicted molar refractivity (Wildman–Crippen MR) is 58.0 cm³/mol. The second kappa shape index (κ2) is 4.74. The Morgan fingerprint density at radius 3 is 2.83 bits per heavy atom. The zero-order valence-corrected chi connectivity index (χ0v) is 9.49. The minimum atomic E-state index is -1.26. The minimum absolute atomic E-state index is 0.0432. The first-order valence-electron chi connectivity index (χ1n) is 5.04. The molecule has 0 spiro atoms. The summed E-state index contributed by atoms with van der Waals surface area (Å²) in [6.45, 7) is 0.338. The number of carbonyl (C=O) groups excluding carboxylic acids is 1. The summed E-state index contributed by atoms with van der Waals surface area (Å²) in [5.74, 6) is -2.05. The highest BCUT2D eigenvalue weighted by molar-refractivity contribution is 5.94. The number of aromatic carboxylic acids is 1. The van der Waals surface area contributed by atoms with Crippen molar-refractivity contribution in [3.05, 3.63) is 41.7 Å². The topological polar surface area (TPSA) is 96.8 Å². The van der Waals surface area contributed by atoms with E-state index < -0.39 is 11.9 Å². The third-order valence-corrected chi connectivity index (χ3v) is 2.29. The highest BCUT2D eigenvalue weighted by Crippen LogP contribution is 2.09. The van der Waals surface area contributed by atoms with Crippen LogP contribution < -0.4 is 0 Å². The molecule has 7 nitrogen and oxygen atoms in total. The number of carbonyl (C=O) groups is 2. The number of furan rings is 1. The summed E-state index contributed by atoms with van der Waals surface area (Å²) in [5, 5.41) is 12.1. The molecule has 0 bridgehead atoms. The van der Waals surface area contributed by atoms with Gasteiger partial charge in [0.05, 0.1) is 12.5 Å². The standard InChI is InChI=1S/C11H10N2O5/c1-13(5-7-2-3-17-6-7)10(14)8-4-9(11(15)16)18-12-8/h2-4,6H,5H2,1H3,(H,15,16). The SMILES string of the molecule is CN(Cc1ccoc1)C(=O)c1cc(C(=O)O)on1. The summed E-state index contributed by atoms with van der Waals surface area (Å²) in [6.07, 6.45) is 3.03. The molecule has 0 saturated heterocycles. The number of hydrogen-bond acceptors (Lipinski definition) is 5. The zero-order valence-electron chi connectivity index (χ0n) is 9.49. The van der Waals surface area contributed by atoms with E-state index in [1.54, 1.807) is 13.1 Å². The Morgan fingerprint density at radius 1 is 1.50 bits per heavy atom. The van der Waals surface area contributed by atoms with Crippen LogP contribution in [-0.2, 0) is 6.54 Å². The van der Waals surface area contributed by atoms with E-state index in [0.717, 1.165) is 11.6 Å². The van der Waals surface area contributed by atoms with Crippen molar-refractivity contribution in [1.82, 2.24) is 10.1 Å². The molecule has 0 atom stereocenters. The van der Waals surface area contributed by atoms with Gasteiger partial charge in [-0.25, -0.2) is 4.79 Å². The van der Waals surface area contributed by atoms with Crippen molar-refractivity contribution < 1.29 is 23.6 Å². The van der Waals surface area contributed by atoms with E-state index in [4.69, 9.17) is 9.52 Å². The van der Waals surface area contributed by atoms with Crippen LogP contribution >= 0.6 is 0 Å². The number of amides is 1. The van der Waals surface area contributed by atoms with Crippen LogP contribution in [0.5, 0.6) is 0 Å². The van der Waals surface area contributed by atoms with Gasteiger partial charge in [0.15, 0.2) is 5.69 Å². The Bertz CT molecular complexity index is 558. The highest BCUT2D eigenvalue weighted by atomic mass is 16.5. The van der Waals surface area contributed by atoms with E-state index in [2.05, 4.69) is 9.68 Å². The molecule has 0 radical (unpaired) electrons. The fourth-order valence-corrected chi connectivity index (χ4v) is 1.40. The average molecular weight is 250 g/mol. The second-order valence-electron chi connectivity index (χ2n) is 3.67. The molecule has 0 aliphatic carbocycles. The lowest BCUT2D eigenvalue weighted by molar-refractivity contribution is 0.0649. The Balaban J connectivity index is 2.08. The van der Waals surface area contributed by atoms with Crippen molar-refractivity contribution in [3.8, 4) is 0 Å². The maximum Gasteiger partial charge on any atom is 0.374 e. The van der Waals surface area contributed by atoms with E-state index in [9.17, 15) is 9.59 Å². The number of carboxylic acids is 1. The van der Waals surface area contributed by atoms with Crippen molar-refractivity contribution in [1.29, 1.82) is 0 Å².